The molecule has 13 heavy (non-hydrogen) atoms. The molecular formula is C11H10NY-. The normalized spacial score (nSPS) is 9.54. The Morgan fingerprint density at radius 3 is 2.23 bits per heavy atom. The molecule has 2 heteroatoms. The summed E-state index contributed by atoms with van der Waals surface area (Å²) in [6.07, 6.45) is 0. The van der Waals surface area contributed by atoms with Crippen LogP contribution in [0.4, 0.5) is 5.69 Å². The summed E-state index contributed by atoms with van der Waals surface area (Å²) in [5, 5.41) is 2.22. The Labute approximate surface area is 103 Å². The molecule has 1 nitrogen and oxygen atoms in total. The molecule has 2 N–H and O–H groups in total. The Bertz CT molecular complexity index is 387. The van der Waals surface area contributed by atoms with Crippen LogP contribution < -0.4 is 5.73 Å². The van der Waals surface area contributed by atoms with Gasteiger partial charge in [0.15, 0.2) is 0 Å². The second-order valence-corrected chi connectivity index (χ2v) is 2.86. The summed E-state index contributed by atoms with van der Waals surface area (Å²) < 4.78 is 0. The van der Waals surface area contributed by atoms with Crippen LogP contribution in [0.15, 0.2) is 36.4 Å². The van der Waals surface area contributed by atoms with Gasteiger partial charge in [0.25, 0.3) is 0 Å². The van der Waals surface area contributed by atoms with E-state index in [9.17, 15) is 0 Å². The van der Waals surface area contributed by atoms with Gasteiger partial charge in [-0.2, -0.15) is 18.6 Å². The molecule has 1 radical (unpaired) electrons. The Balaban J connectivity index is 0.000000845. The van der Waals surface area contributed by atoms with Crippen molar-refractivity contribution in [1.82, 2.24) is 0 Å². The first-order valence-corrected chi connectivity index (χ1v) is 3.88. The second kappa shape index (κ2) is 4.12. The second-order valence-electron chi connectivity index (χ2n) is 2.86. The third kappa shape index (κ3) is 1.87. The van der Waals surface area contributed by atoms with Crippen molar-refractivity contribution in [3.05, 3.63) is 48.9 Å². The summed E-state index contributed by atoms with van der Waals surface area (Å²) in [7, 11) is 0. The van der Waals surface area contributed by atoms with Crippen molar-refractivity contribution in [2.24, 2.45) is 0 Å². The van der Waals surface area contributed by atoms with E-state index in [-0.39, 0.29) is 32.7 Å². The number of nitrogens with two attached hydrogens (primary N) is 1. The predicted molar refractivity (Wildman–Crippen MR) is 52.8 cm³/mol. The number of anilines is 1. The van der Waals surface area contributed by atoms with Crippen LogP contribution in [0.2, 0.25) is 0 Å². The minimum Gasteiger partial charge on any atom is -0.408 e. The molecule has 2 aromatic carbocycles. The molecule has 2 rings (SSSR count). The van der Waals surface area contributed by atoms with Crippen molar-refractivity contribution in [2.75, 3.05) is 5.73 Å². The molecular weight excluding hydrogens is 235 g/mol. The van der Waals surface area contributed by atoms with E-state index in [1.165, 1.54) is 0 Å². The number of hydrogen-bond donors (Lipinski definition) is 1. The maximum atomic E-state index is 5.82. The van der Waals surface area contributed by atoms with E-state index in [0.717, 1.165) is 22.0 Å². The topological polar surface area (TPSA) is 26.0 Å². The molecule has 0 spiro atoms. The molecule has 0 atom stereocenters. The van der Waals surface area contributed by atoms with Crippen LogP contribution in [0.25, 0.3) is 10.8 Å². The van der Waals surface area contributed by atoms with Crippen LogP contribution in [0.1, 0.15) is 5.56 Å². The fraction of sp³-hybridized carbons (Fsp3) is 0. The van der Waals surface area contributed by atoms with E-state index in [0.29, 0.717) is 0 Å². The Kier molecular flexibility index (Phi) is 3.35. The van der Waals surface area contributed by atoms with Crippen LogP contribution in [0.3, 0.4) is 0 Å². The maximum Gasteiger partial charge on any atom is 0 e. The van der Waals surface area contributed by atoms with E-state index in [2.05, 4.69) is 6.92 Å². The molecule has 0 fully saturated rings. The monoisotopic (exact) mass is 245 g/mol. The molecule has 2 aromatic rings. The molecule has 0 unspecified atom stereocenters. The molecule has 0 aliphatic carbocycles. The number of hydrogen-bond acceptors (Lipinski definition) is 1. The molecule has 0 amide bonds. The van der Waals surface area contributed by atoms with Crippen molar-refractivity contribution >= 4 is 16.5 Å². The minimum absolute atomic E-state index is 0. The number of nitrogen functional groups attached to an aromatic ring is 1. The van der Waals surface area contributed by atoms with Gasteiger partial charge in [0.1, 0.15) is 0 Å². The summed E-state index contributed by atoms with van der Waals surface area (Å²) in [6, 6.07) is 11.9. The van der Waals surface area contributed by atoms with Gasteiger partial charge in [0.05, 0.1) is 0 Å². The first-order chi connectivity index (χ1) is 5.79. The van der Waals surface area contributed by atoms with Gasteiger partial charge in [-0.15, -0.1) is 6.07 Å². The van der Waals surface area contributed by atoms with Crippen LogP contribution in [-0.2, 0) is 32.7 Å². The fourth-order valence-corrected chi connectivity index (χ4v) is 1.45. The van der Waals surface area contributed by atoms with Crippen molar-refractivity contribution in [2.45, 2.75) is 0 Å². The Morgan fingerprint density at radius 1 is 1.00 bits per heavy atom. The summed E-state index contributed by atoms with van der Waals surface area (Å²) in [4.78, 5) is 0. The fourth-order valence-electron chi connectivity index (χ4n) is 1.45. The molecule has 63 valence electrons. The van der Waals surface area contributed by atoms with E-state index >= 15 is 0 Å². The van der Waals surface area contributed by atoms with Gasteiger partial charge in [-0.05, 0) is 5.69 Å². The number of fused-ring (bicyclic) bond motifs is 1. The first kappa shape index (κ1) is 10.6. The average Bonchev–Trinajstić information content (AvgIpc) is 2.04. The molecule has 0 bridgehead atoms. The van der Waals surface area contributed by atoms with Gasteiger partial charge >= 0.3 is 0 Å². The average molecular weight is 245 g/mol. The summed E-state index contributed by atoms with van der Waals surface area (Å²) >= 11 is 0. The van der Waals surface area contributed by atoms with Gasteiger partial charge in [-0.25, -0.2) is 0 Å². The smallest absolute Gasteiger partial charge is 0 e. The van der Waals surface area contributed by atoms with Crippen LogP contribution in [0.5, 0.6) is 0 Å². The maximum absolute atomic E-state index is 5.82. The SMILES string of the molecule is [CH2-]c1cccc2cccc(N)c12.[Y]. The van der Waals surface area contributed by atoms with Crippen LogP contribution in [-0.4, -0.2) is 0 Å². The van der Waals surface area contributed by atoms with Crippen LogP contribution in [0, 0.1) is 6.92 Å². The molecule has 0 aliphatic rings. The summed E-state index contributed by atoms with van der Waals surface area (Å²) in [5.41, 5.74) is 7.61. The van der Waals surface area contributed by atoms with Crippen molar-refractivity contribution < 1.29 is 32.7 Å². The first-order valence-electron chi connectivity index (χ1n) is 3.88. The Morgan fingerprint density at radius 2 is 1.62 bits per heavy atom. The minimum atomic E-state index is 0. The van der Waals surface area contributed by atoms with Gasteiger partial charge in [0.2, 0.25) is 0 Å². The van der Waals surface area contributed by atoms with Crippen molar-refractivity contribution in [3.8, 4) is 0 Å². The predicted octanol–water partition coefficient (Wildman–Crippen LogP) is 2.60. The number of rotatable bonds is 0. The molecule has 0 heterocycles. The third-order valence-corrected chi connectivity index (χ3v) is 2.02. The van der Waals surface area contributed by atoms with Crippen LogP contribution >= 0.6 is 0 Å². The summed E-state index contributed by atoms with van der Waals surface area (Å²) in [6.45, 7) is 3.93. The van der Waals surface area contributed by atoms with E-state index in [1.807, 2.05) is 36.4 Å². The van der Waals surface area contributed by atoms with E-state index in [1.54, 1.807) is 0 Å². The zero-order valence-electron chi connectivity index (χ0n) is 7.33. The molecule has 0 saturated heterocycles. The van der Waals surface area contributed by atoms with E-state index < -0.39 is 0 Å². The third-order valence-electron chi connectivity index (χ3n) is 2.02. The van der Waals surface area contributed by atoms with Crippen molar-refractivity contribution in [1.29, 1.82) is 0 Å². The van der Waals surface area contributed by atoms with Crippen molar-refractivity contribution in [3.63, 3.8) is 0 Å². The zero-order chi connectivity index (χ0) is 8.55. The van der Waals surface area contributed by atoms with Gasteiger partial charge in [-0.3, -0.25) is 0 Å². The zero-order valence-corrected chi connectivity index (χ0v) is 10.2. The molecule has 0 aliphatic heterocycles. The molecule has 0 aromatic heterocycles. The number of benzene rings is 2. The quantitative estimate of drug-likeness (QED) is 0.560. The summed E-state index contributed by atoms with van der Waals surface area (Å²) in [5.74, 6) is 0. The van der Waals surface area contributed by atoms with Gasteiger partial charge < -0.3 is 5.73 Å². The largest absolute Gasteiger partial charge is 0.408 e. The van der Waals surface area contributed by atoms with Gasteiger partial charge in [-0.1, -0.05) is 35.0 Å². The standard InChI is InChI=1S/C11H10N.Y/c1-8-4-2-5-9-6-3-7-10(12)11(8)9;/h2-7H,1,12H2;/q-1;. The Hall–Kier alpha value is -0.526. The van der Waals surface area contributed by atoms with E-state index in [4.69, 9.17) is 5.73 Å². The molecule has 0 saturated carbocycles. The van der Waals surface area contributed by atoms with Gasteiger partial charge in [0, 0.05) is 32.7 Å².